The number of nitrogens with zero attached hydrogens (tertiary/aromatic N) is 2. The molecular weight excluding hydrogens is 320 g/mol. The molecule has 1 aliphatic heterocycles. The minimum Gasteiger partial charge on any atom is -0.481 e. The van der Waals surface area contributed by atoms with Crippen molar-refractivity contribution in [2.45, 2.75) is 70.8 Å². The Hall–Kier alpha value is -0.850. The van der Waals surface area contributed by atoms with Gasteiger partial charge in [0.05, 0.1) is 13.0 Å². The molecule has 136 valence electrons. The second kappa shape index (κ2) is 12.6. The van der Waals surface area contributed by atoms with E-state index in [1.54, 1.807) is 0 Å². The number of hydroxylamine groups is 2. The van der Waals surface area contributed by atoms with Crippen molar-refractivity contribution in [2.24, 2.45) is 0 Å². The van der Waals surface area contributed by atoms with E-state index < -0.39 is 5.97 Å². The molecule has 1 saturated heterocycles. The number of unbranched alkanes of at least 4 members (excludes halogenated alkanes) is 1. The average Bonchev–Trinajstić information content (AvgIpc) is 3.01. The van der Waals surface area contributed by atoms with Gasteiger partial charge < -0.3 is 10.0 Å². The van der Waals surface area contributed by atoms with E-state index in [-0.39, 0.29) is 37.7 Å². The molecule has 0 aromatic rings. The lowest BCUT2D eigenvalue weighted by Crippen LogP contribution is -2.32. The second-order valence-corrected chi connectivity index (χ2v) is 6.09. The Bertz CT molecular complexity index is 349. The molecule has 1 fully saturated rings. The Balaban J connectivity index is 0.00000484. The zero-order valence-electron chi connectivity index (χ0n) is 14.1. The summed E-state index contributed by atoms with van der Waals surface area (Å²) >= 11 is 0. The first-order chi connectivity index (χ1) is 10.5. The molecular formula is C16H31ClN2O4. The Morgan fingerprint density at radius 1 is 1.13 bits per heavy atom. The highest BCUT2D eigenvalue weighted by Crippen LogP contribution is 2.20. The van der Waals surface area contributed by atoms with Crippen LogP contribution in [0.15, 0.2) is 0 Å². The van der Waals surface area contributed by atoms with Gasteiger partial charge in [0.2, 0.25) is 5.91 Å². The van der Waals surface area contributed by atoms with Gasteiger partial charge in [-0.1, -0.05) is 19.8 Å². The van der Waals surface area contributed by atoms with Crippen LogP contribution < -0.4 is 0 Å². The number of likely N-dealkylation sites (tertiary alicyclic amines) is 1. The topological polar surface area (TPSA) is 81.1 Å². The van der Waals surface area contributed by atoms with Crippen molar-refractivity contribution in [3.05, 3.63) is 0 Å². The summed E-state index contributed by atoms with van der Waals surface area (Å²) in [6.07, 6.45) is 7.85. The molecule has 1 heterocycles. The van der Waals surface area contributed by atoms with E-state index >= 15 is 0 Å². The van der Waals surface area contributed by atoms with Gasteiger partial charge in [0.1, 0.15) is 0 Å². The number of carboxylic acids is 1. The Labute approximate surface area is 145 Å². The summed E-state index contributed by atoms with van der Waals surface area (Å²) in [4.78, 5) is 24.6. The van der Waals surface area contributed by atoms with Gasteiger partial charge in [-0.05, 0) is 45.2 Å². The lowest BCUT2D eigenvalue weighted by Gasteiger charge is -2.27. The van der Waals surface area contributed by atoms with E-state index in [0.29, 0.717) is 11.1 Å². The number of carbonyl (C=O) groups excluding carboxylic acids is 1. The lowest BCUT2D eigenvalue weighted by molar-refractivity contribution is -0.167. The summed E-state index contributed by atoms with van der Waals surface area (Å²) in [5.41, 5.74) is 0. The Kier molecular flexibility index (Phi) is 12.1. The standard InChI is InChI=1S/C16H30N2O4.ClH/c1-2-7-14(17-11-5-6-12-17)8-3-4-9-15(19)18(22)13-10-16(20)21;/h14,22H,2-13H2,1H3,(H,20,21);1H. The van der Waals surface area contributed by atoms with E-state index in [1.807, 2.05) is 0 Å². The number of halogens is 1. The van der Waals surface area contributed by atoms with Gasteiger partial charge in [-0.15, -0.1) is 12.4 Å². The molecule has 0 aliphatic carbocycles. The minimum absolute atomic E-state index is 0. The fourth-order valence-corrected chi connectivity index (χ4v) is 3.06. The van der Waals surface area contributed by atoms with Crippen molar-refractivity contribution in [3.8, 4) is 0 Å². The molecule has 0 aromatic carbocycles. The van der Waals surface area contributed by atoms with E-state index in [1.165, 1.54) is 38.8 Å². The van der Waals surface area contributed by atoms with Crippen molar-refractivity contribution in [3.63, 3.8) is 0 Å². The predicted molar refractivity (Wildman–Crippen MR) is 91.0 cm³/mol. The van der Waals surface area contributed by atoms with E-state index in [2.05, 4.69) is 11.8 Å². The van der Waals surface area contributed by atoms with Gasteiger partial charge in [-0.25, -0.2) is 5.06 Å². The number of hydrogen-bond acceptors (Lipinski definition) is 4. The summed E-state index contributed by atoms with van der Waals surface area (Å²) in [7, 11) is 0. The first-order valence-corrected chi connectivity index (χ1v) is 8.49. The quantitative estimate of drug-likeness (QED) is 0.340. The van der Waals surface area contributed by atoms with Crippen molar-refractivity contribution < 1.29 is 19.9 Å². The molecule has 1 atom stereocenters. The lowest BCUT2D eigenvalue weighted by atomic mass is 10.0. The third kappa shape index (κ3) is 9.13. The van der Waals surface area contributed by atoms with Gasteiger partial charge >= 0.3 is 5.97 Å². The van der Waals surface area contributed by atoms with E-state index in [9.17, 15) is 14.8 Å². The van der Waals surface area contributed by atoms with Crippen LogP contribution in [-0.2, 0) is 9.59 Å². The first kappa shape index (κ1) is 22.1. The number of rotatable bonds is 11. The maximum Gasteiger partial charge on any atom is 0.305 e. The molecule has 0 spiro atoms. The molecule has 1 aliphatic rings. The smallest absolute Gasteiger partial charge is 0.305 e. The van der Waals surface area contributed by atoms with Gasteiger partial charge in [0.25, 0.3) is 0 Å². The summed E-state index contributed by atoms with van der Waals surface area (Å²) in [5, 5.41) is 18.5. The molecule has 1 rings (SSSR count). The maximum atomic E-state index is 11.7. The van der Waals surface area contributed by atoms with Crippen LogP contribution in [0, 0.1) is 0 Å². The minimum atomic E-state index is -1.01. The molecule has 7 heteroatoms. The summed E-state index contributed by atoms with van der Waals surface area (Å²) in [5.74, 6) is -1.39. The monoisotopic (exact) mass is 350 g/mol. The zero-order valence-corrected chi connectivity index (χ0v) is 14.9. The summed E-state index contributed by atoms with van der Waals surface area (Å²) in [6, 6.07) is 0.625. The molecule has 0 radical (unpaired) electrons. The zero-order chi connectivity index (χ0) is 16.4. The molecule has 1 unspecified atom stereocenters. The molecule has 0 saturated carbocycles. The largest absolute Gasteiger partial charge is 0.481 e. The van der Waals surface area contributed by atoms with Crippen LogP contribution in [0.1, 0.15) is 64.7 Å². The number of hydrogen-bond donors (Lipinski definition) is 2. The van der Waals surface area contributed by atoms with Crippen molar-refractivity contribution in [2.75, 3.05) is 19.6 Å². The fourth-order valence-electron chi connectivity index (χ4n) is 3.06. The predicted octanol–water partition coefficient (Wildman–Crippen LogP) is 2.93. The third-order valence-corrected chi connectivity index (χ3v) is 4.28. The summed E-state index contributed by atoms with van der Waals surface area (Å²) in [6.45, 7) is 4.46. The van der Waals surface area contributed by atoms with Crippen LogP contribution in [0.3, 0.4) is 0 Å². The van der Waals surface area contributed by atoms with E-state index in [0.717, 1.165) is 19.3 Å². The normalized spacial score (nSPS) is 15.9. The van der Waals surface area contributed by atoms with Crippen LogP contribution in [0.5, 0.6) is 0 Å². The average molecular weight is 351 g/mol. The molecule has 23 heavy (non-hydrogen) atoms. The molecule has 1 amide bonds. The summed E-state index contributed by atoms with van der Waals surface area (Å²) < 4.78 is 0. The SMILES string of the molecule is CCCC(CCCCC(=O)N(O)CCC(=O)O)N1CCCC1.Cl. The van der Waals surface area contributed by atoms with Gasteiger partial charge in [0.15, 0.2) is 0 Å². The highest BCUT2D eigenvalue weighted by molar-refractivity contribution is 5.85. The maximum absolute atomic E-state index is 11.7. The fraction of sp³-hybridized carbons (Fsp3) is 0.875. The number of aliphatic carboxylic acids is 1. The third-order valence-electron chi connectivity index (χ3n) is 4.28. The van der Waals surface area contributed by atoms with Crippen molar-refractivity contribution >= 4 is 24.3 Å². The van der Waals surface area contributed by atoms with Crippen LogP contribution in [-0.4, -0.2) is 57.8 Å². The van der Waals surface area contributed by atoms with E-state index in [4.69, 9.17) is 5.11 Å². The molecule has 0 aromatic heterocycles. The van der Waals surface area contributed by atoms with Crippen LogP contribution in [0.2, 0.25) is 0 Å². The highest BCUT2D eigenvalue weighted by Gasteiger charge is 2.21. The second-order valence-electron chi connectivity index (χ2n) is 6.09. The number of amides is 1. The molecule has 2 N–H and O–H groups in total. The molecule has 6 nitrogen and oxygen atoms in total. The number of carbonyl (C=O) groups is 2. The highest BCUT2D eigenvalue weighted by atomic mass is 35.5. The van der Waals surface area contributed by atoms with Crippen molar-refractivity contribution in [1.82, 2.24) is 9.96 Å². The van der Waals surface area contributed by atoms with Crippen molar-refractivity contribution in [1.29, 1.82) is 0 Å². The Morgan fingerprint density at radius 2 is 1.78 bits per heavy atom. The van der Waals surface area contributed by atoms with Gasteiger partial charge in [0, 0.05) is 12.5 Å². The number of carboxylic acid groups (broad SMARTS) is 1. The van der Waals surface area contributed by atoms with Gasteiger partial charge in [-0.3, -0.25) is 14.8 Å². The van der Waals surface area contributed by atoms with Crippen LogP contribution >= 0.6 is 12.4 Å². The molecule has 0 bridgehead atoms. The first-order valence-electron chi connectivity index (χ1n) is 8.49. The van der Waals surface area contributed by atoms with Crippen LogP contribution in [0.4, 0.5) is 0 Å². The van der Waals surface area contributed by atoms with Crippen LogP contribution in [0.25, 0.3) is 0 Å². The Morgan fingerprint density at radius 3 is 2.35 bits per heavy atom. The van der Waals surface area contributed by atoms with Gasteiger partial charge in [-0.2, -0.15) is 0 Å².